The van der Waals surface area contributed by atoms with Gasteiger partial charge in [0.2, 0.25) is 0 Å². The third-order valence-electron chi connectivity index (χ3n) is 1.81. The minimum atomic E-state index is 0.412. The van der Waals surface area contributed by atoms with E-state index in [2.05, 4.69) is 4.98 Å². The molecule has 0 amide bonds. The van der Waals surface area contributed by atoms with Crippen LogP contribution in [0.15, 0.2) is 12.3 Å². The van der Waals surface area contributed by atoms with Gasteiger partial charge in [-0.3, -0.25) is 4.98 Å². The molecule has 2 N–H and O–H groups in total. The maximum absolute atomic E-state index is 5.58. The molecule has 72 valence electrons. The fraction of sp³-hybridized carbons (Fsp3) is 0.444. The first-order chi connectivity index (χ1) is 6.33. The van der Waals surface area contributed by atoms with E-state index in [4.69, 9.17) is 15.2 Å². The van der Waals surface area contributed by atoms with Crippen LogP contribution in [-0.4, -0.2) is 19.2 Å². The van der Waals surface area contributed by atoms with Crippen molar-refractivity contribution in [2.45, 2.75) is 13.2 Å². The van der Waals surface area contributed by atoms with Gasteiger partial charge < -0.3 is 15.2 Å². The highest BCUT2D eigenvalue weighted by molar-refractivity contribution is 5.35. The lowest BCUT2D eigenvalue weighted by molar-refractivity contribution is 0.180. The van der Waals surface area contributed by atoms with Gasteiger partial charge in [-0.05, 0) is 6.07 Å². The van der Waals surface area contributed by atoms with Crippen molar-refractivity contribution < 1.29 is 9.47 Å². The zero-order valence-corrected chi connectivity index (χ0v) is 7.91. The van der Waals surface area contributed by atoms with Crippen molar-refractivity contribution in [3.05, 3.63) is 23.5 Å². The van der Waals surface area contributed by atoms with Gasteiger partial charge in [0.05, 0.1) is 19.4 Å². The average Bonchev–Trinajstić information content (AvgIpc) is 2.18. The molecule has 4 nitrogen and oxygen atoms in total. The molecule has 0 spiro atoms. The first-order valence-electron chi connectivity index (χ1n) is 4.03. The molecule has 1 rings (SSSR count). The average molecular weight is 182 g/mol. The van der Waals surface area contributed by atoms with E-state index < -0.39 is 0 Å². The molecule has 0 bridgehead atoms. The van der Waals surface area contributed by atoms with Gasteiger partial charge >= 0.3 is 0 Å². The highest BCUT2D eigenvalue weighted by atomic mass is 16.5. The zero-order valence-electron chi connectivity index (χ0n) is 7.91. The molecule has 0 radical (unpaired) electrons. The van der Waals surface area contributed by atoms with Crippen molar-refractivity contribution >= 4 is 0 Å². The van der Waals surface area contributed by atoms with Crippen LogP contribution in [0.5, 0.6) is 5.75 Å². The van der Waals surface area contributed by atoms with E-state index >= 15 is 0 Å². The predicted molar refractivity (Wildman–Crippen MR) is 49.4 cm³/mol. The molecule has 0 saturated carbocycles. The van der Waals surface area contributed by atoms with Crippen molar-refractivity contribution in [3.8, 4) is 5.75 Å². The Balaban J connectivity index is 3.03. The molecule has 0 aliphatic heterocycles. The Bertz CT molecular complexity index is 276. The summed E-state index contributed by atoms with van der Waals surface area (Å²) in [6.45, 7) is 0.874. The molecule has 0 atom stereocenters. The van der Waals surface area contributed by atoms with Crippen LogP contribution < -0.4 is 10.5 Å². The lowest BCUT2D eigenvalue weighted by Crippen LogP contribution is -2.07. The molecule has 0 unspecified atom stereocenters. The Morgan fingerprint density at radius 1 is 1.46 bits per heavy atom. The van der Waals surface area contributed by atoms with E-state index in [0.29, 0.717) is 13.2 Å². The number of rotatable bonds is 4. The minimum Gasteiger partial charge on any atom is -0.496 e. The predicted octanol–water partition coefficient (Wildman–Crippen LogP) is 0.695. The van der Waals surface area contributed by atoms with Gasteiger partial charge in [-0.15, -0.1) is 0 Å². The monoisotopic (exact) mass is 182 g/mol. The zero-order chi connectivity index (χ0) is 9.68. The van der Waals surface area contributed by atoms with Crippen molar-refractivity contribution in [2.24, 2.45) is 5.73 Å². The summed E-state index contributed by atoms with van der Waals surface area (Å²) in [4.78, 5) is 4.16. The summed E-state index contributed by atoms with van der Waals surface area (Å²) in [5, 5.41) is 0. The Kier molecular flexibility index (Phi) is 3.67. The van der Waals surface area contributed by atoms with Crippen LogP contribution in [0.3, 0.4) is 0 Å². The molecule has 13 heavy (non-hydrogen) atoms. The Labute approximate surface area is 77.7 Å². The molecular weight excluding hydrogens is 168 g/mol. The van der Waals surface area contributed by atoms with Crippen LogP contribution in [0.1, 0.15) is 11.3 Å². The van der Waals surface area contributed by atoms with Gasteiger partial charge in [0.15, 0.2) is 0 Å². The van der Waals surface area contributed by atoms with Crippen molar-refractivity contribution in [2.75, 3.05) is 14.2 Å². The fourth-order valence-electron chi connectivity index (χ4n) is 1.19. The molecule has 1 aromatic rings. The Hall–Kier alpha value is -1.13. The van der Waals surface area contributed by atoms with Crippen LogP contribution in [-0.2, 0) is 17.9 Å². The minimum absolute atomic E-state index is 0.412. The summed E-state index contributed by atoms with van der Waals surface area (Å²) in [7, 11) is 3.24. The van der Waals surface area contributed by atoms with Crippen LogP contribution >= 0.6 is 0 Å². The standard InChI is InChI=1S/C9H14N2O2/c1-12-6-8-7(5-10)9(13-2)3-4-11-8/h3-4H,5-6,10H2,1-2H3. The van der Waals surface area contributed by atoms with E-state index in [1.807, 2.05) is 0 Å². The van der Waals surface area contributed by atoms with Gasteiger partial charge in [-0.25, -0.2) is 0 Å². The number of methoxy groups -OCH3 is 2. The van der Waals surface area contributed by atoms with Crippen LogP contribution in [0, 0.1) is 0 Å². The van der Waals surface area contributed by atoms with E-state index in [1.165, 1.54) is 0 Å². The first kappa shape index (κ1) is 9.95. The maximum Gasteiger partial charge on any atom is 0.126 e. The Morgan fingerprint density at radius 3 is 2.77 bits per heavy atom. The SMILES string of the molecule is COCc1nccc(OC)c1CN. The second-order valence-corrected chi connectivity index (χ2v) is 2.58. The van der Waals surface area contributed by atoms with Gasteiger partial charge in [0, 0.05) is 25.4 Å². The maximum atomic E-state index is 5.58. The molecular formula is C9H14N2O2. The Morgan fingerprint density at radius 2 is 2.23 bits per heavy atom. The number of aromatic nitrogens is 1. The first-order valence-corrected chi connectivity index (χ1v) is 4.03. The highest BCUT2D eigenvalue weighted by Gasteiger charge is 2.07. The van der Waals surface area contributed by atoms with E-state index in [9.17, 15) is 0 Å². The lowest BCUT2D eigenvalue weighted by atomic mass is 10.2. The molecule has 0 saturated heterocycles. The summed E-state index contributed by atoms with van der Waals surface area (Å²) in [6.07, 6.45) is 1.69. The van der Waals surface area contributed by atoms with Gasteiger partial charge in [-0.1, -0.05) is 0 Å². The summed E-state index contributed by atoms with van der Waals surface area (Å²) in [6, 6.07) is 1.79. The second-order valence-electron chi connectivity index (χ2n) is 2.58. The second kappa shape index (κ2) is 4.79. The van der Waals surface area contributed by atoms with Crippen molar-refractivity contribution in [1.29, 1.82) is 0 Å². The molecule has 1 aromatic heterocycles. The summed E-state index contributed by atoms with van der Waals surface area (Å²) in [5.41, 5.74) is 7.33. The molecule has 0 aliphatic rings. The van der Waals surface area contributed by atoms with Crippen molar-refractivity contribution in [1.82, 2.24) is 4.98 Å². The molecule has 0 aromatic carbocycles. The third-order valence-corrected chi connectivity index (χ3v) is 1.81. The number of ether oxygens (including phenoxy) is 2. The molecule has 1 heterocycles. The van der Waals surface area contributed by atoms with Crippen LogP contribution in [0.2, 0.25) is 0 Å². The molecule has 0 aliphatic carbocycles. The number of hydrogen-bond donors (Lipinski definition) is 1. The number of pyridine rings is 1. The van der Waals surface area contributed by atoms with Crippen LogP contribution in [0.25, 0.3) is 0 Å². The van der Waals surface area contributed by atoms with Crippen LogP contribution in [0.4, 0.5) is 0 Å². The lowest BCUT2D eigenvalue weighted by Gasteiger charge is -2.10. The topological polar surface area (TPSA) is 57.4 Å². The summed E-state index contributed by atoms with van der Waals surface area (Å²) in [5.74, 6) is 0.768. The third kappa shape index (κ3) is 2.17. The number of nitrogens with zero attached hydrogens (tertiary/aromatic N) is 1. The number of nitrogens with two attached hydrogens (primary N) is 1. The molecule has 0 fully saturated rings. The van der Waals surface area contributed by atoms with Crippen molar-refractivity contribution in [3.63, 3.8) is 0 Å². The highest BCUT2D eigenvalue weighted by Crippen LogP contribution is 2.19. The van der Waals surface area contributed by atoms with E-state index in [0.717, 1.165) is 17.0 Å². The quantitative estimate of drug-likeness (QED) is 0.744. The largest absolute Gasteiger partial charge is 0.496 e. The van der Waals surface area contributed by atoms with Gasteiger partial charge in [0.25, 0.3) is 0 Å². The van der Waals surface area contributed by atoms with E-state index in [-0.39, 0.29) is 0 Å². The van der Waals surface area contributed by atoms with E-state index in [1.54, 1.807) is 26.5 Å². The normalized spacial score (nSPS) is 10.1. The van der Waals surface area contributed by atoms with Gasteiger partial charge in [0.1, 0.15) is 5.75 Å². The number of hydrogen-bond acceptors (Lipinski definition) is 4. The molecule has 4 heteroatoms. The smallest absolute Gasteiger partial charge is 0.126 e. The summed E-state index contributed by atoms with van der Waals surface area (Å²) >= 11 is 0. The summed E-state index contributed by atoms with van der Waals surface area (Å²) < 4.78 is 10.1. The fourth-order valence-corrected chi connectivity index (χ4v) is 1.19. The van der Waals surface area contributed by atoms with Gasteiger partial charge in [-0.2, -0.15) is 0 Å².